The molecular formula is C11H17N5O2. The van der Waals surface area contributed by atoms with E-state index < -0.39 is 0 Å². The third-order valence-corrected chi connectivity index (χ3v) is 3.12. The number of piperazine rings is 1. The van der Waals surface area contributed by atoms with Gasteiger partial charge in [0.15, 0.2) is 0 Å². The molecule has 0 aliphatic carbocycles. The number of amides is 2. The molecule has 7 heteroatoms. The smallest absolute Gasteiger partial charge is 0.239 e. The minimum atomic E-state index is -0.361. The fourth-order valence-corrected chi connectivity index (χ4v) is 1.78. The van der Waals surface area contributed by atoms with Crippen molar-refractivity contribution in [3.05, 3.63) is 17.5 Å². The van der Waals surface area contributed by atoms with Gasteiger partial charge < -0.3 is 10.6 Å². The van der Waals surface area contributed by atoms with Crippen LogP contribution in [-0.2, 0) is 23.2 Å². The Bertz CT molecular complexity index is 458. The monoisotopic (exact) mass is 251 g/mol. The van der Waals surface area contributed by atoms with Crippen LogP contribution in [0, 0.1) is 6.92 Å². The molecule has 1 fully saturated rings. The van der Waals surface area contributed by atoms with E-state index in [2.05, 4.69) is 21.0 Å². The fraction of sp³-hybridized carbons (Fsp3) is 0.545. The lowest BCUT2D eigenvalue weighted by Crippen LogP contribution is -2.57. The molecule has 7 nitrogen and oxygen atoms in total. The van der Waals surface area contributed by atoms with E-state index in [-0.39, 0.29) is 24.4 Å². The zero-order valence-electron chi connectivity index (χ0n) is 10.5. The van der Waals surface area contributed by atoms with Gasteiger partial charge in [0.2, 0.25) is 11.8 Å². The lowest BCUT2D eigenvalue weighted by Gasteiger charge is -2.23. The van der Waals surface area contributed by atoms with Crippen molar-refractivity contribution >= 4 is 11.8 Å². The van der Waals surface area contributed by atoms with Gasteiger partial charge in [-0.3, -0.25) is 19.6 Å². The SMILES string of the molecule is Cc1c(CNC(=O)C2CNC(=O)CN2)cnn1C. The van der Waals surface area contributed by atoms with E-state index in [0.29, 0.717) is 13.1 Å². The summed E-state index contributed by atoms with van der Waals surface area (Å²) >= 11 is 0. The maximum Gasteiger partial charge on any atom is 0.239 e. The highest BCUT2D eigenvalue weighted by molar-refractivity contribution is 5.86. The van der Waals surface area contributed by atoms with Gasteiger partial charge in [-0.2, -0.15) is 5.10 Å². The molecule has 0 radical (unpaired) electrons. The van der Waals surface area contributed by atoms with Crippen LogP contribution >= 0.6 is 0 Å². The molecule has 18 heavy (non-hydrogen) atoms. The minimum absolute atomic E-state index is 0.0813. The highest BCUT2D eigenvalue weighted by Crippen LogP contribution is 2.04. The third-order valence-electron chi connectivity index (χ3n) is 3.12. The van der Waals surface area contributed by atoms with Gasteiger partial charge >= 0.3 is 0 Å². The predicted molar refractivity (Wildman–Crippen MR) is 64.6 cm³/mol. The largest absolute Gasteiger partial charge is 0.353 e. The third kappa shape index (κ3) is 2.67. The van der Waals surface area contributed by atoms with Crippen molar-refractivity contribution in [1.82, 2.24) is 25.7 Å². The van der Waals surface area contributed by atoms with Crippen molar-refractivity contribution in [1.29, 1.82) is 0 Å². The summed E-state index contributed by atoms with van der Waals surface area (Å²) < 4.78 is 1.76. The topological polar surface area (TPSA) is 88.1 Å². The van der Waals surface area contributed by atoms with Gasteiger partial charge in [-0.15, -0.1) is 0 Å². The summed E-state index contributed by atoms with van der Waals surface area (Å²) in [5, 5.41) is 12.5. The Morgan fingerprint density at radius 2 is 2.44 bits per heavy atom. The number of rotatable bonds is 3. The first-order chi connectivity index (χ1) is 8.58. The Balaban J connectivity index is 1.85. The molecule has 0 aromatic carbocycles. The molecule has 1 unspecified atom stereocenters. The van der Waals surface area contributed by atoms with Crippen molar-refractivity contribution < 1.29 is 9.59 Å². The lowest BCUT2D eigenvalue weighted by molar-refractivity contribution is -0.126. The highest BCUT2D eigenvalue weighted by Gasteiger charge is 2.23. The molecule has 1 atom stereocenters. The Kier molecular flexibility index (Phi) is 3.61. The quantitative estimate of drug-likeness (QED) is 0.606. The molecule has 1 aliphatic rings. The zero-order chi connectivity index (χ0) is 13.1. The average Bonchev–Trinajstić information content (AvgIpc) is 2.68. The van der Waals surface area contributed by atoms with E-state index in [1.165, 1.54) is 0 Å². The van der Waals surface area contributed by atoms with Crippen LogP contribution in [0.2, 0.25) is 0 Å². The maximum absolute atomic E-state index is 11.8. The van der Waals surface area contributed by atoms with Crippen LogP contribution in [0.25, 0.3) is 0 Å². The lowest BCUT2D eigenvalue weighted by atomic mass is 10.2. The van der Waals surface area contributed by atoms with Gasteiger partial charge in [0.25, 0.3) is 0 Å². The van der Waals surface area contributed by atoms with Gasteiger partial charge in [-0.25, -0.2) is 0 Å². The molecule has 3 N–H and O–H groups in total. The van der Waals surface area contributed by atoms with E-state index in [0.717, 1.165) is 11.3 Å². The molecule has 2 rings (SSSR count). The normalized spacial score (nSPS) is 19.4. The second kappa shape index (κ2) is 5.18. The second-order valence-electron chi connectivity index (χ2n) is 4.33. The molecule has 98 valence electrons. The summed E-state index contributed by atoms with van der Waals surface area (Å²) in [7, 11) is 1.86. The van der Waals surface area contributed by atoms with Crippen LogP contribution in [0.1, 0.15) is 11.3 Å². The number of nitrogens with zero attached hydrogens (tertiary/aromatic N) is 2. The van der Waals surface area contributed by atoms with E-state index >= 15 is 0 Å². The first-order valence-corrected chi connectivity index (χ1v) is 5.83. The minimum Gasteiger partial charge on any atom is -0.353 e. The Morgan fingerprint density at radius 3 is 3.00 bits per heavy atom. The fourth-order valence-electron chi connectivity index (χ4n) is 1.78. The van der Waals surface area contributed by atoms with Gasteiger partial charge in [0.05, 0.1) is 12.7 Å². The standard InChI is InChI=1S/C11H17N5O2/c1-7-8(4-15-16(7)2)3-14-11(18)9-5-13-10(17)6-12-9/h4,9,12H,3,5-6H2,1-2H3,(H,13,17)(H,14,18). The van der Waals surface area contributed by atoms with E-state index in [1.807, 2.05) is 14.0 Å². The molecule has 0 saturated carbocycles. The van der Waals surface area contributed by atoms with E-state index in [1.54, 1.807) is 10.9 Å². The zero-order valence-corrected chi connectivity index (χ0v) is 10.5. The van der Waals surface area contributed by atoms with Crippen LogP contribution in [0.15, 0.2) is 6.20 Å². The predicted octanol–water partition coefficient (Wildman–Crippen LogP) is -1.57. The Labute approximate surface area is 105 Å². The summed E-state index contributed by atoms with van der Waals surface area (Å²) in [4.78, 5) is 22.8. The molecule has 2 amide bonds. The Hall–Kier alpha value is -1.89. The molecule has 1 aliphatic heterocycles. The number of carbonyl (C=O) groups is 2. The first-order valence-electron chi connectivity index (χ1n) is 5.83. The Morgan fingerprint density at radius 1 is 1.67 bits per heavy atom. The van der Waals surface area contributed by atoms with Crippen molar-refractivity contribution in [3.8, 4) is 0 Å². The molecule has 1 aromatic rings. The molecule has 1 saturated heterocycles. The summed E-state index contributed by atoms with van der Waals surface area (Å²) in [6, 6.07) is -0.361. The highest BCUT2D eigenvalue weighted by atomic mass is 16.2. The van der Waals surface area contributed by atoms with Crippen molar-refractivity contribution in [2.75, 3.05) is 13.1 Å². The number of carbonyl (C=O) groups excluding carboxylic acids is 2. The van der Waals surface area contributed by atoms with Crippen molar-refractivity contribution in [2.24, 2.45) is 7.05 Å². The van der Waals surface area contributed by atoms with Crippen LogP contribution < -0.4 is 16.0 Å². The number of aromatic nitrogens is 2. The van der Waals surface area contributed by atoms with Gasteiger partial charge in [0.1, 0.15) is 6.04 Å². The van der Waals surface area contributed by atoms with Gasteiger partial charge in [0, 0.05) is 31.4 Å². The maximum atomic E-state index is 11.8. The van der Waals surface area contributed by atoms with Crippen LogP contribution in [0.3, 0.4) is 0 Å². The van der Waals surface area contributed by atoms with E-state index in [4.69, 9.17) is 0 Å². The summed E-state index contributed by atoms with van der Waals surface area (Å²) in [5.74, 6) is -0.194. The molecular weight excluding hydrogens is 234 g/mol. The van der Waals surface area contributed by atoms with Crippen molar-refractivity contribution in [2.45, 2.75) is 19.5 Å². The average molecular weight is 251 g/mol. The van der Waals surface area contributed by atoms with Crippen LogP contribution in [0.5, 0.6) is 0 Å². The van der Waals surface area contributed by atoms with E-state index in [9.17, 15) is 9.59 Å². The molecule has 0 bridgehead atoms. The molecule has 1 aromatic heterocycles. The molecule has 2 heterocycles. The first kappa shape index (κ1) is 12.6. The van der Waals surface area contributed by atoms with Crippen LogP contribution in [0.4, 0.5) is 0 Å². The summed E-state index contributed by atoms with van der Waals surface area (Å²) in [6.07, 6.45) is 1.74. The number of hydrogen-bond donors (Lipinski definition) is 3. The van der Waals surface area contributed by atoms with Crippen LogP contribution in [-0.4, -0.2) is 40.7 Å². The molecule has 0 spiro atoms. The second-order valence-corrected chi connectivity index (χ2v) is 4.33. The number of nitrogens with one attached hydrogen (secondary N) is 3. The summed E-state index contributed by atoms with van der Waals surface area (Å²) in [5.41, 5.74) is 2.02. The summed E-state index contributed by atoms with van der Waals surface area (Å²) in [6.45, 7) is 2.92. The number of aryl methyl sites for hydroxylation is 1. The number of hydrogen-bond acceptors (Lipinski definition) is 4. The van der Waals surface area contributed by atoms with Gasteiger partial charge in [-0.05, 0) is 6.92 Å². The van der Waals surface area contributed by atoms with Crippen molar-refractivity contribution in [3.63, 3.8) is 0 Å². The van der Waals surface area contributed by atoms with Gasteiger partial charge in [-0.1, -0.05) is 0 Å².